The van der Waals surface area contributed by atoms with Gasteiger partial charge in [0.15, 0.2) is 23.0 Å². The molecule has 0 aliphatic rings. The zero-order valence-electron chi connectivity index (χ0n) is 21.5. The van der Waals surface area contributed by atoms with Gasteiger partial charge in [0, 0.05) is 26.1 Å². The number of carbonyl (C=O) groups is 1. The van der Waals surface area contributed by atoms with E-state index in [1.54, 1.807) is 18.2 Å². The molecule has 0 radical (unpaired) electrons. The van der Waals surface area contributed by atoms with Gasteiger partial charge in [-0.1, -0.05) is 12.1 Å². The SMILES string of the molecule is NCCCN(CCCCNCCCNC(=O)CCc1ccc(O)c(O)c1)OCCc1ccc(O)c(O)c1. The highest BCUT2D eigenvalue weighted by Gasteiger charge is 2.07. The van der Waals surface area contributed by atoms with Crippen molar-refractivity contribution < 1.29 is 30.1 Å². The molecule has 1 amide bonds. The highest BCUT2D eigenvalue weighted by Crippen LogP contribution is 2.26. The van der Waals surface area contributed by atoms with Gasteiger partial charge in [-0.15, -0.1) is 0 Å². The molecule has 37 heavy (non-hydrogen) atoms. The molecule has 0 bridgehead atoms. The van der Waals surface area contributed by atoms with Gasteiger partial charge in [-0.2, -0.15) is 5.06 Å². The maximum atomic E-state index is 12.0. The van der Waals surface area contributed by atoms with Gasteiger partial charge in [0.2, 0.25) is 5.91 Å². The molecule has 0 saturated carbocycles. The van der Waals surface area contributed by atoms with Gasteiger partial charge in [0.25, 0.3) is 0 Å². The monoisotopic (exact) mass is 518 g/mol. The Morgan fingerprint density at radius 3 is 2.05 bits per heavy atom. The van der Waals surface area contributed by atoms with Crippen LogP contribution in [0.2, 0.25) is 0 Å². The topological polar surface area (TPSA) is 161 Å². The number of rotatable bonds is 19. The van der Waals surface area contributed by atoms with Crippen LogP contribution in [0, 0.1) is 0 Å². The van der Waals surface area contributed by atoms with Crippen molar-refractivity contribution in [2.24, 2.45) is 5.73 Å². The number of nitrogens with two attached hydrogens (primary N) is 1. The quantitative estimate of drug-likeness (QED) is 0.0839. The normalized spacial score (nSPS) is 11.2. The Kier molecular flexibility index (Phi) is 14.2. The molecule has 0 atom stereocenters. The summed E-state index contributed by atoms with van der Waals surface area (Å²) < 4.78 is 0. The van der Waals surface area contributed by atoms with E-state index in [1.807, 2.05) is 5.06 Å². The number of benzene rings is 2. The maximum Gasteiger partial charge on any atom is 0.220 e. The number of aromatic hydroxyl groups is 4. The van der Waals surface area contributed by atoms with Gasteiger partial charge >= 0.3 is 0 Å². The number of nitrogens with zero attached hydrogens (tertiary/aromatic N) is 1. The molecular formula is C27H42N4O6. The van der Waals surface area contributed by atoms with Crippen LogP contribution in [0.1, 0.15) is 43.2 Å². The average molecular weight is 519 g/mol. The number of aryl methyl sites for hydroxylation is 1. The van der Waals surface area contributed by atoms with Crippen LogP contribution in [0.3, 0.4) is 0 Å². The molecule has 0 saturated heterocycles. The van der Waals surface area contributed by atoms with Crippen molar-refractivity contribution in [3.63, 3.8) is 0 Å². The lowest BCUT2D eigenvalue weighted by molar-refractivity contribution is -0.159. The van der Waals surface area contributed by atoms with E-state index in [0.29, 0.717) is 39.0 Å². The van der Waals surface area contributed by atoms with Gasteiger partial charge in [-0.05, 0) is 93.6 Å². The van der Waals surface area contributed by atoms with Crippen molar-refractivity contribution in [2.45, 2.75) is 44.9 Å². The van der Waals surface area contributed by atoms with Crippen LogP contribution in [-0.4, -0.2) is 77.3 Å². The second-order valence-corrected chi connectivity index (χ2v) is 8.96. The lowest BCUT2D eigenvalue weighted by atomic mass is 10.1. The summed E-state index contributed by atoms with van der Waals surface area (Å²) in [6, 6.07) is 9.38. The summed E-state index contributed by atoms with van der Waals surface area (Å²) in [5.74, 6) is -0.626. The summed E-state index contributed by atoms with van der Waals surface area (Å²) in [6.07, 6.45) is 5.13. The van der Waals surface area contributed by atoms with Gasteiger partial charge in [-0.25, -0.2) is 0 Å². The van der Waals surface area contributed by atoms with E-state index in [1.165, 1.54) is 18.2 Å². The molecule has 0 aliphatic heterocycles. The largest absolute Gasteiger partial charge is 0.504 e. The van der Waals surface area contributed by atoms with Crippen LogP contribution in [0.25, 0.3) is 0 Å². The number of nitrogens with one attached hydrogen (secondary N) is 2. The molecule has 0 aliphatic carbocycles. The van der Waals surface area contributed by atoms with Gasteiger partial charge < -0.3 is 36.8 Å². The van der Waals surface area contributed by atoms with Crippen molar-refractivity contribution in [2.75, 3.05) is 45.9 Å². The number of phenols is 4. The minimum Gasteiger partial charge on any atom is -0.504 e. The number of hydrogen-bond acceptors (Lipinski definition) is 9. The first-order valence-corrected chi connectivity index (χ1v) is 13.0. The molecule has 0 heterocycles. The number of hydrogen-bond donors (Lipinski definition) is 7. The zero-order chi connectivity index (χ0) is 26.9. The Morgan fingerprint density at radius 1 is 0.784 bits per heavy atom. The third kappa shape index (κ3) is 12.7. The molecule has 0 aromatic heterocycles. The van der Waals surface area contributed by atoms with E-state index < -0.39 is 0 Å². The smallest absolute Gasteiger partial charge is 0.220 e. The van der Waals surface area contributed by atoms with Gasteiger partial charge in [0.05, 0.1) is 6.61 Å². The summed E-state index contributed by atoms with van der Waals surface area (Å²) in [6.45, 7) is 4.96. The van der Waals surface area contributed by atoms with E-state index in [2.05, 4.69) is 10.6 Å². The van der Waals surface area contributed by atoms with E-state index in [4.69, 9.17) is 10.6 Å². The van der Waals surface area contributed by atoms with Crippen molar-refractivity contribution in [1.29, 1.82) is 0 Å². The fourth-order valence-electron chi connectivity index (χ4n) is 3.70. The number of hydroxylamine groups is 2. The summed E-state index contributed by atoms with van der Waals surface area (Å²) >= 11 is 0. The average Bonchev–Trinajstić information content (AvgIpc) is 2.88. The fourth-order valence-corrected chi connectivity index (χ4v) is 3.70. The Labute approximate surface area is 219 Å². The molecular weight excluding hydrogens is 476 g/mol. The molecule has 0 unspecified atom stereocenters. The third-order valence-electron chi connectivity index (χ3n) is 5.86. The van der Waals surface area contributed by atoms with E-state index in [0.717, 1.165) is 63.0 Å². The summed E-state index contributed by atoms with van der Waals surface area (Å²) in [5, 5.41) is 46.1. The van der Waals surface area contributed by atoms with E-state index >= 15 is 0 Å². The summed E-state index contributed by atoms with van der Waals surface area (Å²) in [7, 11) is 0. The summed E-state index contributed by atoms with van der Waals surface area (Å²) in [4.78, 5) is 17.9. The predicted octanol–water partition coefficient (Wildman–Crippen LogP) is 2.14. The Balaban J connectivity index is 1.49. The van der Waals surface area contributed by atoms with E-state index in [9.17, 15) is 25.2 Å². The highest BCUT2D eigenvalue weighted by atomic mass is 16.7. The van der Waals surface area contributed by atoms with Crippen LogP contribution < -0.4 is 16.4 Å². The molecule has 10 nitrogen and oxygen atoms in total. The molecule has 10 heteroatoms. The first kappa shape index (κ1) is 30.2. The van der Waals surface area contributed by atoms with Crippen LogP contribution in [0.5, 0.6) is 23.0 Å². The highest BCUT2D eigenvalue weighted by molar-refractivity contribution is 5.76. The zero-order valence-corrected chi connectivity index (χ0v) is 21.5. The molecule has 206 valence electrons. The fraction of sp³-hybridized carbons (Fsp3) is 0.519. The Morgan fingerprint density at radius 2 is 1.41 bits per heavy atom. The standard InChI is InChI=1S/C27H42N4O6/c28-12-3-17-31(37-18-11-22-6-9-24(33)26(35)20-22)16-2-1-13-29-14-4-15-30-27(36)10-7-21-5-8-23(32)25(34)19-21/h5-6,8-9,19-20,29,32-35H,1-4,7,10-18,28H2,(H,30,36). The first-order chi connectivity index (χ1) is 17.9. The number of carbonyl (C=O) groups excluding carboxylic acids is 1. The van der Waals surface area contributed by atoms with Crippen LogP contribution in [0.4, 0.5) is 0 Å². The molecule has 2 aromatic rings. The molecule has 2 aromatic carbocycles. The lowest BCUT2D eigenvalue weighted by Gasteiger charge is -2.21. The lowest BCUT2D eigenvalue weighted by Crippen LogP contribution is -2.30. The van der Waals surface area contributed by atoms with E-state index in [-0.39, 0.29) is 28.9 Å². The second kappa shape index (κ2) is 17.4. The predicted molar refractivity (Wildman–Crippen MR) is 142 cm³/mol. The molecule has 8 N–H and O–H groups in total. The molecule has 0 fully saturated rings. The van der Waals surface area contributed by atoms with Crippen LogP contribution in [0.15, 0.2) is 36.4 Å². The van der Waals surface area contributed by atoms with Crippen LogP contribution >= 0.6 is 0 Å². The first-order valence-electron chi connectivity index (χ1n) is 13.0. The molecule has 0 spiro atoms. The van der Waals surface area contributed by atoms with Crippen molar-refractivity contribution in [1.82, 2.24) is 15.7 Å². The van der Waals surface area contributed by atoms with Crippen LogP contribution in [-0.2, 0) is 22.5 Å². The van der Waals surface area contributed by atoms with Crippen molar-refractivity contribution >= 4 is 5.91 Å². The van der Waals surface area contributed by atoms with Crippen molar-refractivity contribution in [3.8, 4) is 23.0 Å². The Bertz CT molecular complexity index is 943. The van der Waals surface area contributed by atoms with Crippen molar-refractivity contribution in [3.05, 3.63) is 47.5 Å². The second-order valence-electron chi connectivity index (χ2n) is 8.96. The molecule has 2 rings (SSSR count). The summed E-state index contributed by atoms with van der Waals surface area (Å²) in [5.41, 5.74) is 7.34. The number of unbranched alkanes of at least 4 members (excludes halogenated alkanes) is 1. The maximum absolute atomic E-state index is 12.0. The van der Waals surface area contributed by atoms with Gasteiger partial charge in [0.1, 0.15) is 0 Å². The number of amides is 1. The minimum absolute atomic E-state index is 0.0349. The Hall–Kier alpha value is -3.05. The number of phenolic OH excluding ortho intramolecular Hbond substituents is 4. The third-order valence-corrected chi connectivity index (χ3v) is 5.86. The minimum atomic E-state index is -0.174. The van der Waals surface area contributed by atoms with Gasteiger partial charge in [-0.3, -0.25) is 9.63 Å².